The summed E-state index contributed by atoms with van der Waals surface area (Å²) in [6.45, 7) is 7.76. The largest absolute Gasteiger partial charge is 0.493 e. The van der Waals surface area contributed by atoms with E-state index in [4.69, 9.17) is 22.1 Å². The zero-order valence-electron chi connectivity index (χ0n) is 23.7. The van der Waals surface area contributed by atoms with Gasteiger partial charge in [-0.3, -0.25) is 4.79 Å². The monoisotopic (exact) mass is 580 g/mol. The van der Waals surface area contributed by atoms with Crippen LogP contribution in [0.4, 0.5) is 10.3 Å². The molecule has 10 heteroatoms. The number of fused-ring (bicyclic) bond motifs is 1. The minimum Gasteiger partial charge on any atom is -0.493 e. The summed E-state index contributed by atoms with van der Waals surface area (Å²) in [6.07, 6.45) is 7.15. The molecule has 4 heterocycles. The van der Waals surface area contributed by atoms with Crippen LogP contribution in [0, 0.1) is 24.6 Å². The van der Waals surface area contributed by atoms with E-state index >= 15 is 0 Å². The molecule has 1 aromatic carbocycles. The Morgan fingerprint density at radius 3 is 2.63 bits per heavy atom. The zero-order valence-corrected chi connectivity index (χ0v) is 24.5. The quantitative estimate of drug-likeness (QED) is 0.406. The molecule has 0 radical (unpaired) electrons. The Labute approximate surface area is 245 Å². The molecule has 2 N–H and O–H groups in total. The number of hydrogen-bond donors (Lipinski definition) is 1. The molecule has 1 amide bonds. The Bertz CT molecular complexity index is 1410. The van der Waals surface area contributed by atoms with Gasteiger partial charge in [0.05, 0.1) is 36.5 Å². The number of benzene rings is 1. The van der Waals surface area contributed by atoms with Gasteiger partial charge in [0.25, 0.3) is 0 Å². The van der Waals surface area contributed by atoms with Gasteiger partial charge in [-0.1, -0.05) is 17.7 Å². The summed E-state index contributed by atoms with van der Waals surface area (Å²) in [5, 5.41) is 0.541. The van der Waals surface area contributed by atoms with Crippen molar-refractivity contribution in [2.45, 2.75) is 64.1 Å². The van der Waals surface area contributed by atoms with Crippen LogP contribution in [0.5, 0.6) is 5.75 Å². The Morgan fingerprint density at radius 1 is 1.15 bits per heavy atom. The highest BCUT2D eigenvalue weighted by Crippen LogP contribution is 2.51. The number of aromatic nitrogens is 3. The van der Waals surface area contributed by atoms with Gasteiger partial charge in [-0.25, -0.2) is 14.4 Å². The van der Waals surface area contributed by atoms with Gasteiger partial charge in [-0.2, -0.15) is 0 Å². The number of hydrogen-bond acceptors (Lipinski definition) is 6. The molecular weight excluding hydrogens is 543 g/mol. The molecule has 6 rings (SSSR count). The topological polar surface area (TPSA) is 89.5 Å². The van der Waals surface area contributed by atoms with E-state index in [-0.39, 0.29) is 23.9 Å². The summed E-state index contributed by atoms with van der Waals surface area (Å²) in [5.41, 5.74) is 9.21. The number of nitrogens with two attached hydrogens (primary N) is 1. The van der Waals surface area contributed by atoms with Crippen molar-refractivity contribution in [3.8, 4) is 5.75 Å². The SMILES string of the molecule is Cc1ccc2n1CCN(C(=O)Cc1ccc(OCCC3(N)C[C@@H]3C3CCN(c4ncc(Cl)cn4)CC3)cc1F)C2C. The van der Waals surface area contributed by atoms with E-state index < -0.39 is 5.82 Å². The molecule has 1 aliphatic carbocycles. The van der Waals surface area contributed by atoms with Gasteiger partial charge in [0, 0.05) is 49.2 Å². The van der Waals surface area contributed by atoms with Gasteiger partial charge < -0.3 is 24.8 Å². The Hall–Kier alpha value is -3.17. The standard InChI is InChI=1S/C31H38ClFN6O2/c1-20-3-6-28-21(2)39(13-12-38(20)28)29(40)15-23-4-5-25(16-27(23)33)41-14-9-31(34)17-26(31)22-7-10-37(11-8-22)30-35-18-24(32)19-36-30/h3-6,16,18-19,21-22,26H,7-15,17,34H2,1-2H3/t21?,26-,31?/m1/s1. The molecule has 1 saturated carbocycles. The molecule has 8 nitrogen and oxygen atoms in total. The Balaban J connectivity index is 0.960. The number of amides is 1. The normalized spacial score (nSPS) is 24.3. The second-order valence-electron chi connectivity index (χ2n) is 11.9. The lowest BCUT2D eigenvalue weighted by molar-refractivity contribution is -0.133. The molecule has 0 bridgehead atoms. The van der Waals surface area contributed by atoms with Crippen molar-refractivity contribution < 1.29 is 13.9 Å². The van der Waals surface area contributed by atoms with E-state index in [9.17, 15) is 9.18 Å². The predicted molar refractivity (Wildman–Crippen MR) is 157 cm³/mol. The minimum absolute atomic E-state index is 0.0319. The maximum absolute atomic E-state index is 15.0. The lowest BCUT2D eigenvalue weighted by atomic mass is 9.89. The first-order chi connectivity index (χ1) is 19.7. The highest BCUT2D eigenvalue weighted by molar-refractivity contribution is 6.30. The summed E-state index contributed by atoms with van der Waals surface area (Å²) < 4.78 is 23.1. The summed E-state index contributed by atoms with van der Waals surface area (Å²) >= 11 is 5.91. The fourth-order valence-corrected chi connectivity index (χ4v) is 6.89. The van der Waals surface area contributed by atoms with Crippen LogP contribution in [-0.4, -0.2) is 57.1 Å². The molecule has 0 spiro atoms. The Kier molecular flexibility index (Phi) is 7.68. The average Bonchev–Trinajstić information content (AvgIpc) is 3.49. The molecule has 3 aromatic rings. The lowest BCUT2D eigenvalue weighted by Gasteiger charge is -2.35. The number of rotatable bonds is 8. The highest BCUT2D eigenvalue weighted by Gasteiger charge is 2.54. The van der Waals surface area contributed by atoms with Crippen LogP contribution < -0.4 is 15.4 Å². The van der Waals surface area contributed by atoms with Crippen LogP contribution in [0.2, 0.25) is 5.02 Å². The van der Waals surface area contributed by atoms with E-state index in [1.165, 1.54) is 11.8 Å². The molecule has 2 fully saturated rings. The lowest BCUT2D eigenvalue weighted by Crippen LogP contribution is -2.41. The fourth-order valence-electron chi connectivity index (χ4n) is 6.79. The van der Waals surface area contributed by atoms with Crippen LogP contribution in [0.1, 0.15) is 55.6 Å². The highest BCUT2D eigenvalue weighted by atomic mass is 35.5. The number of ether oxygens (including phenoxy) is 1. The summed E-state index contributed by atoms with van der Waals surface area (Å²) in [7, 11) is 0. The van der Waals surface area contributed by atoms with Crippen molar-refractivity contribution in [2.75, 3.05) is 31.1 Å². The third-order valence-corrected chi connectivity index (χ3v) is 9.59. The van der Waals surface area contributed by atoms with Gasteiger partial charge in [-0.15, -0.1) is 0 Å². The number of nitrogens with zero attached hydrogens (tertiary/aromatic N) is 5. The number of halogens is 2. The molecule has 2 aromatic heterocycles. The molecule has 2 aliphatic heterocycles. The molecule has 218 valence electrons. The van der Waals surface area contributed by atoms with Gasteiger partial charge >= 0.3 is 0 Å². The van der Waals surface area contributed by atoms with Gasteiger partial charge in [0.2, 0.25) is 11.9 Å². The molecule has 3 atom stereocenters. The second-order valence-corrected chi connectivity index (χ2v) is 12.3. The van der Waals surface area contributed by atoms with Crippen LogP contribution >= 0.6 is 11.6 Å². The predicted octanol–water partition coefficient (Wildman–Crippen LogP) is 4.93. The van der Waals surface area contributed by atoms with Gasteiger partial charge in [0.15, 0.2) is 0 Å². The van der Waals surface area contributed by atoms with Crippen molar-refractivity contribution in [1.29, 1.82) is 0 Å². The van der Waals surface area contributed by atoms with Crippen LogP contribution in [0.25, 0.3) is 0 Å². The first-order valence-corrected chi connectivity index (χ1v) is 15.0. The van der Waals surface area contributed by atoms with Gasteiger partial charge in [-0.05, 0) is 75.1 Å². The van der Waals surface area contributed by atoms with Crippen molar-refractivity contribution in [1.82, 2.24) is 19.4 Å². The number of carbonyl (C=O) groups excluding carboxylic acids is 1. The zero-order chi connectivity index (χ0) is 28.7. The van der Waals surface area contributed by atoms with E-state index in [1.54, 1.807) is 24.5 Å². The first-order valence-electron chi connectivity index (χ1n) is 14.6. The van der Waals surface area contributed by atoms with Crippen LogP contribution in [0.15, 0.2) is 42.7 Å². The van der Waals surface area contributed by atoms with Crippen molar-refractivity contribution in [3.63, 3.8) is 0 Å². The third kappa shape index (κ3) is 5.79. The summed E-state index contributed by atoms with van der Waals surface area (Å²) in [6, 6.07) is 8.93. The number of anilines is 1. The Morgan fingerprint density at radius 2 is 1.90 bits per heavy atom. The fraction of sp³-hybridized carbons (Fsp3) is 0.516. The summed E-state index contributed by atoms with van der Waals surface area (Å²) in [5.74, 6) is 1.78. The van der Waals surface area contributed by atoms with E-state index in [0.29, 0.717) is 41.3 Å². The van der Waals surface area contributed by atoms with E-state index in [2.05, 4.69) is 38.5 Å². The van der Waals surface area contributed by atoms with Gasteiger partial charge in [0.1, 0.15) is 11.6 Å². The molecule has 2 unspecified atom stereocenters. The third-order valence-electron chi connectivity index (χ3n) is 9.39. The molecule has 3 aliphatic rings. The smallest absolute Gasteiger partial charge is 0.227 e. The molecule has 1 saturated heterocycles. The minimum atomic E-state index is -0.414. The second kappa shape index (κ2) is 11.2. The van der Waals surface area contributed by atoms with Crippen molar-refractivity contribution in [2.24, 2.45) is 17.6 Å². The van der Waals surface area contributed by atoms with E-state index in [0.717, 1.165) is 57.0 Å². The molecule has 41 heavy (non-hydrogen) atoms. The number of aryl methyl sites for hydroxylation is 1. The van der Waals surface area contributed by atoms with Crippen molar-refractivity contribution >= 4 is 23.5 Å². The number of piperidine rings is 1. The summed E-state index contributed by atoms with van der Waals surface area (Å²) in [4.78, 5) is 25.8. The van der Waals surface area contributed by atoms with Crippen molar-refractivity contribution in [3.05, 3.63) is 70.5 Å². The van der Waals surface area contributed by atoms with E-state index in [1.807, 2.05) is 11.8 Å². The molecular formula is C31H38ClFN6O2. The van der Waals surface area contributed by atoms with Crippen LogP contribution in [-0.2, 0) is 17.8 Å². The number of carbonyl (C=O) groups is 1. The maximum atomic E-state index is 15.0. The maximum Gasteiger partial charge on any atom is 0.227 e. The first kappa shape index (κ1) is 28.0. The van der Waals surface area contributed by atoms with Crippen LogP contribution in [0.3, 0.4) is 0 Å². The average molecular weight is 581 g/mol.